The summed E-state index contributed by atoms with van der Waals surface area (Å²) in [7, 11) is -3.55. The minimum absolute atomic E-state index is 0.180. The molecule has 110 valence electrons. The fraction of sp³-hybridized carbons (Fsp3) is 0.462. The lowest BCUT2D eigenvalue weighted by molar-refractivity contribution is -0.126. The maximum Gasteiger partial charge on any atom is 0.243 e. The van der Waals surface area contributed by atoms with Crippen molar-refractivity contribution in [2.24, 2.45) is 11.8 Å². The molecule has 6 nitrogen and oxygen atoms in total. The van der Waals surface area contributed by atoms with E-state index in [0.29, 0.717) is 29.8 Å². The number of hydrogen-bond acceptors (Lipinski definition) is 4. The Morgan fingerprint density at radius 1 is 1.40 bits per heavy atom. The summed E-state index contributed by atoms with van der Waals surface area (Å²) in [6.07, 6.45) is 1.31. The van der Waals surface area contributed by atoms with E-state index in [1.807, 2.05) is 0 Å². The number of sulfonamides is 1. The third kappa shape index (κ3) is 2.84. The largest absolute Gasteiger partial charge is 0.294 e. The van der Waals surface area contributed by atoms with Crippen LogP contribution in [0.3, 0.4) is 0 Å². The molecule has 0 aromatic heterocycles. The number of nitrogens with two attached hydrogens (primary N) is 1. The Morgan fingerprint density at radius 2 is 2.10 bits per heavy atom. The van der Waals surface area contributed by atoms with Gasteiger partial charge in [0.05, 0.1) is 10.8 Å². The second-order valence-electron chi connectivity index (χ2n) is 4.98. The smallest absolute Gasteiger partial charge is 0.243 e. The van der Waals surface area contributed by atoms with Crippen molar-refractivity contribution in [3.8, 4) is 0 Å². The topological polar surface area (TPSA) is 92.5 Å². The number of hydrazine groups is 1. The van der Waals surface area contributed by atoms with Crippen LogP contribution in [0.25, 0.3) is 0 Å². The standard InChI is InChI=1S/C13H19N3O3S/c1-10-5-2-3-7-12(10)20(18,19)16-8-4-6-11(9-16)13(17)15-14/h2-3,5,7,11H,4,6,8-9,14H2,1H3,(H,15,17). The number of piperidine rings is 1. The Labute approximate surface area is 119 Å². The van der Waals surface area contributed by atoms with Gasteiger partial charge in [-0.2, -0.15) is 4.31 Å². The van der Waals surface area contributed by atoms with E-state index < -0.39 is 10.0 Å². The molecular weight excluding hydrogens is 278 g/mol. The lowest BCUT2D eigenvalue weighted by Gasteiger charge is -2.31. The highest BCUT2D eigenvalue weighted by Crippen LogP contribution is 2.25. The summed E-state index contributed by atoms with van der Waals surface area (Å²) in [5.41, 5.74) is 2.80. The molecule has 1 atom stereocenters. The third-order valence-corrected chi connectivity index (χ3v) is 5.63. The number of rotatable bonds is 3. The Morgan fingerprint density at radius 3 is 2.75 bits per heavy atom. The predicted molar refractivity (Wildman–Crippen MR) is 75.0 cm³/mol. The monoisotopic (exact) mass is 297 g/mol. The first kappa shape index (κ1) is 15.0. The fourth-order valence-electron chi connectivity index (χ4n) is 2.48. The molecule has 3 N–H and O–H groups in total. The second kappa shape index (κ2) is 5.90. The van der Waals surface area contributed by atoms with Crippen molar-refractivity contribution in [1.29, 1.82) is 0 Å². The molecule has 0 saturated carbocycles. The maximum absolute atomic E-state index is 12.6. The van der Waals surface area contributed by atoms with E-state index in [0.717, 1.165) is 0 Å². The van der Waals surface area contributed by atoms with E-state index >= 15 is 0 Å². The van der Waals surface area contributed by atoms with Crippen LogP contribution in [-0.2, 0) is 14.8 Å². The van der Waals surface area contributed by atoms with Crippen LogP contribution < -0.4 is 11.3 Å². The molecular formula is C13H19N3O3S. The van der Waals surface area contributed by atoms with Crippen molar-refractivity contribution >= 4 is 15.9 Å². The Hall–Kier alpha value is -1.44. The van der Waals surface area contributed by atoms with E-state index in [1.54, 1.807) is 31.2 Å². The van der Waals surface area contributed by atoms with Crippen LogP contribution in [0.15, 0.2) is 29.2 Å². The summed E-state index contributed by atoms with van der Waals surface area (Å²) in [5.74, 6) is 4.43. The van der Waals surface area contributed by atoms with E-state index in [4.69, 9.17) is 5.84 Å². The zero-order chi connectivity index (χ0) is 14.8. The van der Waals surface area contributed by atoms with Crippen molar-refractivity contribution in [1.82, 2.24) is 9.73 Å². The van der Waals surface area contributed by atoms with Gasteiger partial charge in [0.25, 0.3) is 0 Å². The lowest BCUT2D eigenvalue weighted by atomic mass is 9.99. The molecule has 1 fully saturated rings. The van der Waals surface area contributed by atoms with E-state index in [-0.39, 0.29) is 18.4 Å². The molecule has 1 unspecified atom stereocenters. The molecule has 0 aliphatic carbocycles. The SMILES string of the molecule is Cc1ccccc1S(=O)(=O)N1CCCC(C(=O)NN)C1. The van der Waals surface area contributed by atoms with Gasteiger partial charge in [-0.1, -0.05) is 18.2 Å². The van der Waals surface area contributed by atoms with Gasteiger partial charge in [-0.15, -0.1) is 0 Å². The Kier molecular flexibility index (Phi) is 4.42. The first-order valence-corrected chi connectivity index (χ1v) is 7.97. The predicted octanol–water partition coefficient (Wildman–Crippen LogP) is 0.386. The lowest BCUT2D eigenvalue weighted by Crippen LogP contribution is -2.47. The van der Waals surface area contributed by atoms with Gasteiger partial charge in [-0.05, 0) is 31.4 Å². The molecule has 1 amide bonds. The number of nitrogens with one attached hydrogen (secondary N) is 1. The number of carbonyl (C=O) groups excluding carboxylic acids is 1. The van der Waals surface area contributed by atoms with Crippen LogP contribution in [0, 0.1) is 12.8 Å². The highest BCUT2D eigenvalue weighted by atomic mass is 32.2. The minimum atomic E-state index is -3.55. The molecule has 1 aliphatic heterocycles. The van der Waals surface area contributed by atoms with E-state index in [9.17, 15) is 13.2 Å². The molecule has 1 aliphatic rings. The van der Waals surface area contributed by atoms with Crippen LogP contribution in [0.4, 0.5) is 0 Å². The van der Waals surface area contributed by atoms with Gasteiger partial charge in [0, 0.05) is 13.1 Å². The molecule has 1 aromatic carbocycles. The molecule has 0 spiro atoms. The third-order valence-electron chi connectivity index (χ3n) is 3.61. The zero-order valence-electron chi connectivity index (χ0n) is 11.4. The molecule has 1 aromatic rings. The van der Waals surface area contributed by atoms with Crippen molar-refractivity contribution in [3.05, 3.63) is 29.8 Å². The Balaban J connectivity index is 2.26. The summed E-state index contributed by atoms with van der Waals surface area (Å²) in [5, 5.41) is 0. The van der Waals surface area contributed by atoms with Gasteiger partial charge in [0.15, 0.2) is 0 Å². The average molecular weight is 297 g/mol. The van der Waals surface area contributed by atoms with Gasteiger partial charge in [-0.3, -0.25) is 10.2 Å². The summed E-state index contributed by atoms with van der Waals surface area (Å²) < 4.78 is 26.6. The number of aryl methyl sites for hydroxylation is 1. The van der Waals surface area contributed by atoms with Crippen LogP contribution >= 0.6 is 0 Å². The molecule has 0 radical (unpaired) electrons. The summed E-state index contributed by atoms with van der Waals surface area (Å²) >= 11 is 0. The van der Waals surface area contributed by atoms with Crippen LogP contribution in [0.2, 0.25) is 0 Å². The van der Waals surface area contributed by atoms with Gasteiger partial charge in [0.1, 0.15) is 0 Å². The molecule has 1 heterocycles. The fourth-order valence-corrected chi connectivity index (χ4v) is 4.23. The normalized spacial score (nSPS) is 20.6. The van der Waals surface area contributed by atoms with Gasteiger partial charge in [-0.25, -0.2) is 14.3 Å². The van der Waals surface area contributed by atoms with Gasteiger partial charge >= 0.3 is 0 Å². The van der Waals surface area contributed by atoms with Crippen LogP contribution in [0.5, 0.6) is 0 Å². The number of carbonyl (C=O) groups is 1. The van der Waals surface area contributed by atoms with Gasteiger partial charge < -0.3 is 0 Å². The quantitative estimate of drug-likeness (QED) is 0.479. The minimum Gasteiger partial charge on any atom is -0.294 e. The maximum atomic E-state index is 12.6. The van der Waals surface area contributed by atoms with Crippen LogP contribution in [0.1, 0.15) is 18.4 Å². The van der Waals surface area contributed by atoms with Crippen LogP contribution in [-0.4, -0.2) is 31.7 Å². The molecule has 0 bridgehead atoms. The zero-order valence-corrected chi connectivity index (χ0v) is 12.2. The van der Waals surface area contributed by atoms with Gasteiger partial charge in [0.2, 0.25) is 15.9 Å². The first-order valence-electron chi connectivity index (χ1n) is 6.53. The number of amides is 1. The molecule has 20 heavy (non-hydrogen) atoms. The highest BCUT2D eigenvalue weighted by Gasteiger charge is 2.33. The number of nitrogens with zero attached hydrogens (tertiary/aromatic N) is 1. The number of benzene rings is 1. The summed E-state index contributed by atoms with van der Waals surface area (Å²) in [6, 6.07) is 6.86. The Bertz CT molecular complexity index is 601. The highest BCUT2D eigenvalue weighted by molar-refractivity contribution is 7.89. The summed E-state index contributed by atoms with van der Waals surface area (Å²) in [6.45, 7) is 2.38. The van der Waals surface area contributed by atoms with Crippen molar-refractivity contribution in [2.45, 2.75) is 24.7 Å². The average Bonchev–Trinajstić information content (AvgIpc) is 2.47. The molecule has 1 saturated heterocycles. The first-order chi connectivity index (χ1) is 9.46. The second-order valence-corrected chi connectivity index (χ2v) is 6.88. The van der Waals surface area contributed by atoms with Crippen molar-refractivity contribution in [2.75, 3.05) is 13.1 Å². The summed E-state index contributed by atoms with van der Waals surface area (Å²) in [4.78, 5) is 11.9. The van der Waals surface area contributed by atoms with Crippen molar-refractivity contribution < 1.29 is 13.2 Å². The number of hydrogen-bond donors (Lipinski definition) is 2. The van der Waals surface area contributed by atoms with Crippen molar-refractivity contribution in [3.63, 3.8) is 0 Å². The molecule has 7 heteroatoms. The van der Waals surface area contributed by atoms with E-state index in [2.05, 4.69) is 5.43 Å². The molecule has 2 rings (SSSR count). The van der Waals surface area contributed by atoms with E-state index in [1.165, 1.54) is 4.31 Å².